The Kier molecular flexibility index (Phi) is 4.09. The lowest BCUT2D eigenvalue weighted by atomic mass is 10.1. The van der Waals surface area contributed by atoms with Crippen LogP contribution in [0.1, 0.15) is 27.0 Å². The second kappa shape index (κ2) is 6.17. The van der Waals surface area contributed by atoms with E-state index in [2.05, 4.69) is 22.5 Å². The van der Waals surface area contributed by atoms with E-state index in [1.54, 1.807) is 7.11 Å². The molecule has 1 amide bonds. The van der Waals surface area contributed by atoms with Crippen LogP contribution in [0, 0.1) is 0 Å². The minimum Gasteiger partial charge on any atom is -0.497 e. The predicted molar refractivity (Wildman–Crippen MR) is 84.0 cm³/mol. The molecule has 0 radical (unpaired) electrons. The molecule has 5 nitrogen and oxygen atoms in total. The highest BCUT2D eigenvalue weighted by molar-refractivity contribution is 5.94. The van der Waals surface area contributed by atoms with Crippen LogP contribution in [0.2, 0.25) is 0 Å². The zero-order chi connectivity index (χ0) is 15.5. The van der Waals surface area contributed by atoms with Crippen LogP contribution < -0.4 is 16.0 Å². The van der Waals surface area contributed by atoms with E-state index < -0.39 is 0 Å². The van der Waals surface area contributed by atoms with Crippen LogP contribution in [0.4, 0.5) is 0 Å². The van der Waals surface area contributed by atoms with Gasteiger partial charge in [0.25, 0.3) is 5.91 Å². The molecule has 3 N–H and O–H groups in total. The Bertz CT molecular complexity index is 700. The van der Waals surface area contributed by atoms with Gasteiger partial charge in [0.1, 0.15) is 5.75 Å². The minimum absolute atomic E-state index is 0.256. The summed E-state index contributed by atoms with van der Waals surface area (Å²) in [6.07, 6.45) is 0. The van der Waals surface area contributed by atoms with Gasteiger partial charge >= 0.3 is 0 Å². The van der Waals surface area contributed by atoms with E-state index in [1.807, 2.05) is 30.3 Å². The van der Waals surface area contributed by atoms with Crippen molar-refractivity contribution in [1.29, 1.82) is 0 Å². The maximum absolute atomic E-state index is 11.6. The first kappa shape index (κ1) is 14.6. The zero-order valence-electron chi connectivity index (χ0n) is 12.5. The van der Waals surface area contributed by atoms with E-state index >= 15 is 0 Å². The fraction of sp³-hybridized carbons (Fsp3) is 0.235. The average Bonchev–Trinajstić information content (AvgIpc) is 2.95. The topological polar surface area (TPSA) is 67.6 Å². The van der Waals surface area contributed by atoms with E-state index in [1.165, 1.54) is 16.7 Å². The Morgan fingerprint density at radius 3 is 2.82 bits per heavy atom. The molecular weight excluding hydrogens is 278 g/mol. The third-order valence-electron chi connectivity index (χ3n) is 3.93. The Balaban J connectivity index is 1.72. The van der Waals surface area contributed by atoms with Crippen molar-refractivity contribution in [1.82, 2.24) is 10.3 Å². The summed E-state index contributed by atoms with van der Waals surface area (Å²) in [5, 5.41) is 0. The van der Waals surface area contributed by atoms with Gasteiger partial charge in [0.15, 0.2) is 0 Å². The van der Waals surface area contributed by atoms with Crippen molar-refractivity contribution in [2.45, 2.75) is 19.6 Å². The first-order chi connectivity index (χ1) is 10.7. The van der Waals surface area contributed by atoms with Gasteiger partial charge in [-0.25, -0.2) is 5.84 Å². The number of benzene rings is 2. The van der Waals surface area contributed by atoms with Crippen LogP contribution in [0.3, 0.4) is 0 Å². The van der Waals surface area contributed by atoms with Crippen LogP contribution in [0.5, 0.6) is 5.75 Å². The number of nitrogens with two attached hydrogens (primary N) is 1. The molecule has 0 saturated carbocycles. The summed E-state index contributed by atoms with van der Waals surface area (Å²) in [5.74, 6) is 5.80. The van der Waals surface area contributed by atoms with Gasteiger partial charge < -0.3 is 4.74 Å². The minimum atomic E-state index is -0.256. The lowest BCUT2D eigenvalue weighted by molar-refractivity contribution is 0.0953. The summed E-state index contributed by atoms with van der Waals surface area (Å²) in [5.41, 5.74) is 6.43. The molecule has 0 aromatic heterocycles. The first-order valence-corrected chi connectivity index (χ1v) is 7.17. The molecule has 5 heteroatoms. The molecule has 0 aliphatic carbocycles. The summed E-state index contributed by atoms with van der Waals surface area (Å²) in [7, 11) is 1.68. The Hall–Kier alpha value is -2.37. The highest BCUT2D eigenvalue weighted by Gasteiger charge is 2.20. The highest BCUT2D eigenvalue weighted by Crippen LogP contribution is 2.26. The van der Waals surface area contributed by atoms with Gasteiger partial charge in [-0.05, 0) is 41.0 Å². The summed E-state index contributed by atoms with van der Waals surface area (Å²) < 4.78 is 5.26. The molecule has 22 heavy (non-hydrogen) atoms. The summed E-state index contributed by atoms with van der Waals surface area (Å²) in [4.78, 5) is 13.9. The number of amides is 1. The molecule has 114 valence electrons. The molecular formula is C17H19N3O2. The second-order valence-electron chi connectivity index (χ2n) is 5.45. The SMILES string of the molecule is COc1cccc(CN2Cc3ccc(C(=O)NN)cc3C2)c1. The number of fused-ring (bicyclic) bond motifs is 1. The Labute approximate surface area is 129 Å². The van der Waals surface area contributed by atoms with E-state index in [0.29, 0.717) is 5.56 Å². The molecule has 2 aromatic carbocycles. The van der Waals surface area contributed by atoms with Gasteiger partial charge in [0, 0.05) is 25.2 Å². The maximum atomic E-state index is 11.6. The third kappa shape index (κ3) is 2.95. The number of nitrogens with zero attached hydrogens (tertiary/aromatic N) is 1. The van der Waals surface area contributed by atoms with Gasteiger partial charge in [0.2, 0.25) is 0 Å². The van der Waals surface area contributed by atoms with Crippen molar-refractivity contribution in [3.8, 4) is 5.75 Å². The second-order valence-corrected chi connectivity index (χ2v) is 5.45. The summed E-state index contributed by atoms with van der Waals surface area (Å²) >= 11 is 0. The van der Waals surface area contributed by atoms with Crippen LogP contribution in [-0.2, 0) is 19.6 Å². The number of nitrogen functional groups attached to an aromatic ring is 1. The van der Waals surface area contributed by atoms with Gasteiger partial charge in [0.05, 0.1) is 7.11 Å². The fourth-order valence-corrected chi connectivity index (χ4v) is 2.83. The molecule has 0 bridgehead atoms. The van der Waals surface area contributed by atoms with Crippen molar-refractivity contribution in [2.24, 2.45) is 5.84 Å². The Morgan fingerprint density at radius 2 is 2.05 bits per heavy atom. The van der Waals surface area contributed by atoms with Gasteiger partial charge in [-0.1, -0.05) is 18.2 Å². The number of carbonyl (C=O) groups is 1. The monoisotopic (exact) mass is 297 g/mol. The molecule has 0 fully saturated rings. The summed E-state index contributed by atoms with van der Waals surface area (Å²) in [6.45, 7) is 2.57. The van der Waals surface area contributed by atoms with Gasteiger partial charge in [-0.3, -0.25) is 15.1 Å². The van der Waals surface area contributed by atoms with Crippen LogP contribution in [-0.4, -0.2) is 17.9 Å². The molecule has 0 unspecified atom stereocenters. The molecule has 0 spiro atoms. The third-order valence-corrected chi connectivity index (χ3v) is 3.93. The zero-order valence-corrected chi connectivity index (χ0v) is 12.5. The number of rotatable bonds is 4. The Morgan fingerprint density at radius 1 is 1.23 bits per heavy atom. The number of methoxy groups -OCH3 is 1. The van der Waals surface area contributed by atoms with Gasteiger partial charge in [-0.2, -0.15) is 0 Å². The van der Waals surface area contributed by atoms with Crippen LogP contribution >= 0.6 is 0 Å². The van der Waals surface area contributed by atoms with Crippen LogP contribution in [0.25, 0.3) is 0 Å². The van der Waals surface area contributed by atoms with Crippen molar-refractivity contribution in [2.75, 3.05) is 7.11 Å². The van der Waals surface area contributed by atoms with Crippen molar-refractivity contribution in [3.05, 3.63) is 64.7 Å². The molecule has 1 heterocycles. The van der Waals surface area contributed by atoms with Crippen molar-refractivity contribution >= 4 is 5.91 Å². The number of hydrazine groups is 1. The fourth-order valence-electron chi connectivity index (χ4n) is 2.83. The molecule has 3 rings (SSSR count). The smallest absolute Gasteiger partial charge is 0.265 e. The molecule has 0 saturated heterocycles. The number of nitrogens with one attached hydrogen (secondary N) is 1. The van der Waals surface area contributed by atoms with Crippen molar-refractivity contribution in [3.63, 3.8) is 0 Å². The molecule has 0 atom stereocenters. The number of ether oxygens (including phenoxy) is 1. The van der Waals surface area contributed by atoms with E-state index in [4.69, 9.17) is 10.6 Å². The molecule has 1 aliphatic heterocycles. The molecule has 2 aromatic rings. The van der Waals surface area contributed by atoms with E-state index in [9.17, 15) is 4.79 Å². The largest absolute Gasteiger partial charge is 0.497 e. The standard InChI is InChI=1S/C17H19N3O2/c1-22-16-4-2-3-12(7-16)9-20-10-14-6-5-13(17(21)19-18)8-15(14)11-20/h2-8H,9-11,18H2,1H3,(H,19,21). The molecule has 1 aliphatic rings. The number of carbonyl (C=O) groups excluding carboxylic acids is 1. The van der Waals surface area contributed by atoms with Gasteiger partial charge in [-0.15, -0.1) is 0 Å². The summed E-state index contributed by atoms with van der Waals surface area (Å²) in [6, 6.07) is 13.8. The normalized spacial score (nSPS) is 13.7. The van der Waals surface area contributed by atoms with Crippen molar-refractivity contribution < 1.29 is 9.53 Å². The predicted octanol–water partition coefficient (Wildman–Crippen LogP) is 1.81. The number of hydrogen-bond acceptors (Lipinski definition) is 4. The van der Waals surface area contributed by atoms with E-state index in [0.717, 1.165) is 25.4 Å². The lowest BCUT2D eigenvalue weighted by Gasteiger charge is -2.15. The first-order valence-electron chi connectivity index (χ1n) is 7.17. The lowest BCUT2D eigenvalue weighted by Crippen LogP contribution is -2.30. The highest BCUT2D eigenvalue weighted by atomic mass is 16.5. The maximum Gasteiger partial charge on any atom is 0.265 e. The quantitative estimate of drug-likeness (QED) is 0.513. The van der Waals surface area contributed by atoms with Crippen LogP contribution in [0.15, 0.2) is 42.5 Å². The number of hydrogen-bond donors (Lipinski definition) is 2. The average molecular weight is 297 g/mol. The van der Waals surface area contributed by atoms with E-state index in [-0.39, 0.29) is 5.91 Å².